The zero-order valence-corrected chi connectivity index (χ0v) is 23.4. The highest BCUT2D eigenvalue weighted by Crippen LogP contribution is 2.61. The lowest BCUT2D eigenvalue weighted by atomic mass is 9.47. The van der Waals surface area contributed by atoms with E-state index in [-0.39, 0.29) is 37.1 Å². The van der Waals surface area contributed by atoms with Crippen molar-refractivity contribution in [1.82, 2.24) is 0 Å². The zero-order valence-electron chi connectivity index (χ0n) is 23.4. The number of aliphatic hydroxyl groups excluding tert-OH is 1. The molecule has 0 spiro atoms. The van der Waals surface area contributed by atoms with E-state index in [1.54, 1.807) is 13.8 Å². The van der Waals surface area contributed by atoms with Crippen molar-refractivity contribution in [2.24, 2.45) is 22.7 Å². The van der Waals surface area contributed by atoms with Gasteiger partial charge in [-0.15, -0.1) is 0 Å². The summed E-state index contributed by atoms with van der Waals surface area (Å²) >= 11 is 0. The summed E-state index contributed by atoms with van der Waals surface area (Å²) in [5, 5.41) is 23.7. The van der Waals surface area contributed by atoms with Gasteiger partial charge in [0.1, 0.15) is 6.10 Å². The summed E-state index contributed by atoms with van der Waals surface area (Å²) in [5.74, 6) is -1.82. The quantitative estimate of drug-likeness (QED) is 0.431. The second-order valence-electron chi connectivity index (χ2n) is 12.7. The fourth-order valence-electron chi connectivity index (χ4n) is 7.63. The van der Waals surface area contributed by atoms with Crippen LogP contribution in [-0.2, 0) is 35.0 Å². The Morgan fingerprint density at radius 1 is 1.10 bits per heavy atom. The van der Waals surface area contributed by atoms with Crippen molar-refractivity contribution >= 4 is 17.7 Å². The van der Waals surface area contributed by atoms with E-state index in [1.165, 1.54) is 6.92 Å². The Balaban J connectivity index is 1.55. The van der Waals surface area contributed by atoms with Crippen molar-refractivity contribution in [3.8, 4) is 0 Å². The summed E-state index contributed by atoms with van der Waals surface area (Å²) in [6.45, 7) is 8.94. The van der Waals surface area contributed by atoms with Crippen molar-refractivity contribution in [1.29, 1.82) is 0 Å². The van der Waals surface area contributed by atoms with Gasteiger partial charge in [-0.05, 0) is 49.3 Å². The lowest BCUT2D eigenvalue weighted by molar-refractivity contribution is -0.244. The molecule has 2 bridgehead atoms. The Morgan fingerprint density at radius 3 is 2.41 bits per heavy atom. The van der Waals surface area contributed by atoms with Crippen LogP contribution in [0.15, 0.2) is 41.5 Å². The molecule has 1 aromatic rings. The molecule has 1 aliphatic heterocycles. The number of esters is 2. The highest BCUT2D eigenvalue weighted by molar-refractivity contribution is 5.94. The van der Waals surface area contributed by atoms with Crippen LogP contribution in [0.1, 0.15) is 65.9 Å². The van der Waals surface area contributed by atoms with Crippen LogP contribution in [0.3, 0.4) is 0 Å². The third-order valence-corrected chi connectivity index (χ3v) is 10.3. The van der Waals surface area contributed by atoms with Crippen molar-refractivity contribution in [2.45, 2.75) is 96.7 Å². The molecule has 0 radical (unpaired) electrons. The van der Waals surface area contributed by atoms with Crippen molar-refractivity contribution in [3.05, 3.63) is 47.0 Å². The maximum atomic E-state index is 14.4. The summed E-state index contributed by atoms with van der Waals surface area (Å²) in [7, 11) is 0. The zero-order chi connectivity index (χ0) is 28.3. The van der Waals surface area contributed by atoms with E-state index in [0.29, 0.717) is 30.6 Å². The van der Waals surface area contributed by atoms with Crippen LogP contribution in [-0.4, -0.2) is 64.6 Å². The van der Waals surface area contributed by atoms with Gasteiger partial charge in [0.15, 0.2) is 11.9 Å². The van der Waals surface area contributed by atoms with Crippen LogP contribution < -0.4 is 0 Å². The fraction of sp³-hybridized carbons (Fsp3) is 0.645. The first-order valence-electron chi connectivity index (χ1n) is 14.0. The van der Waals surface area contributed by atoms with Crippen LogP contribution in [0, 0.1) is 22.7 Å². The number of aryl methyl sites for hydroxylation is 1. The smallest absolute Gasteiger partial charge is 0.306 e. The number of Topliss-reactive ketones (excluding diaryl/α,β-unsaturated/α-hetero) is 1. The summed E-state index contributed by atoms with van der Waals surface area (Å²) in [6.07, 6.45) is -1.90. The standard InChI is InChI=1S/C31H40O8/c1-17-23(39-25(34)12-11-19-9-7-6-8-10-19)15-31(36)14-21-20-16-37-22(20)13-24(33)30(21,5)28(35)27(38-18(2)32)26(17)29(31,3)4/h6-10,20-24,27,33,36H,11-16H2,1-5H3/t20?,21?,22?,23-,24?,27?,30?,31?/m0/s1. The van der Waals surface area contributed by atoms with E-state index in [9.17, 15) is 24.6 Å². The fourth-order valence-corrected chi connectivity index (χ4v) is 7.63. The number of hydrogen-bond donors (Lipinski definition) is 2. The van der Waals surface area contributed by atoms with Crippen LogP contribution in [0.4, 0.5) is 0 Å². The summed E-state index contributed by atoms with van der Waals surface area (Å²) in [4.78, 5) is 39.7. The molecule has 8 atom stereocenters. The highest BCUT2D eigenvalue weighted by Gasteiger charge is 2.67. The van der Waals surface area contributed by atoms with Gasteiger partial charge in [0.25, 0.3) is 0 Å². The van der Waals surface area contributed by atoms with Crippen LogP contribution in [0.2, 0.25) is 0 Å². The van der Waals surface area contributed by atoms with E-state index in [0.717, 1.165) is 5.56 Å². The van der Waals surface area contributed by atoms with E-state index >= 15 is 0 Å². The average Bonchev–Trinajstić information content (AvgIpc) is 2.86. The Bertz CT molecular complexity index is 1190. The Hall–Kier alpha value is -2.55. The molecule has 8 heteroatoms. The highest BCUT2D eigenvalue weighted by atomic mass is 16.6. The first-order valence-corrected chi connectivity index (χ1v) is 14.0. The summed E-state index contributed by atoms with van der Waals surface area (Å²) < 4.78 is 17.4. The van der Waals surface area contributed by atoms with Gasteiger partial charge in [-0.2, -0.15) is 0 Å². The van der Waals surface area contributed by atoms with Gasteiger partial charge in [0.2, 0.25) is 0 Å². The molecule has 4 aliphatic rings. The number of benzene rings is 1. The Morgan fingerprint density at radius 2 is 1.79 bits per heavy atom. The minimum Gasteiger partial charge on any atom is -0.458 e. The molecule has 8 nitrogen and oxygen atoms in total. The molecule has 7 unspecified atom stereocenters. The molecule has 1 saturated heterocycles. The number of carbonyl (C=O) groups excluding carboxylic acids is 3. The second kappa shape index (κ2) is 9.82. The number of ether oxygens (including phenoxy) is 3. The topological polar surface area (TPSA) is 119 Å². The predicted molar refractivity (Wildman–Crippen MR) is 141 cm³/mol. The molecule has 212 valence electrons. The van der Waals surface area contributed by atoms with E-state index < -0.39 is 52.6 Å². The van der Waals surface area contributed by atoms with Crippen LogP contribution in [0.5, 0.6) is 0 Å². The number of hydrogen-bond acceptors (Lipinski definition) is 8. The minimum atomic E-state index is -1.39. The molecule has 3 aliphatic carbocycles. The lowest BCUT2D eigenvalue weighted by Gasteiger charge is -2.62. The Labute approximate surface area is 229 Å². The molecule has 3 fully saturated rings. The first-order chi connectivity index (χ1) is 18.3. The molecule has 2 saturated carbocycles. The van der Waals surface area contributed by atoms with Crippen LogP contribution >= 0.6 is 0 Å². The van der Waals surface area contributed by atoms with Gasteiger partial charge in [-0.25, -0.2) is 0 Å². The van der Waals surface area contributed by atoms with E-state index in [2.05, 4.69) is 0 Å². The maximum absolute atomic E-state index is 14.4. The third kappa shape index (κ3) is 4.45. The van der Waals surface area contributed by atoms with Crippen molar-refractivity contribution in [2.75, 3.05) is 6.61 Å². The predicted octanol–water partition coefficient (Wildman–Crippen LogP) is 3.32. The third-order valence-electron chi connectivity index (χ3n) is 10.3. The molecule has 39 heavy (non-hydrogen) atoms. The van der Waals surface area contributed by atoms with E-state index in [4.69, 9.17) is 14.2 Å². The number of carbonyl (C=O) groups is 3. The molecule has 1 aromatic carbocycles. The number of aliphatic hydroxyl groups is 2. The molecule has 0 amide bonds. The summed E-state index contributed by atoms with van der Waals surface area (Å²) in [6, 6.07) is 9.66. The molecule has 1 heterocycles. The maximum Gasteiger partial charge on any atom is 0.306 e. The van der Waals surface area contributed by atoms with Gasteiger partial charge < -0.3 is 24.4 Å². The van der Waals surface area contributed by atoms with Gasteiger partial charge in [-0.3, -0.25) is 14.4 Å². The van der Waals surface area contributed by atoms with Gasteiger partial charge in [0, 0.05) is 37.5 Å². The molecule has 2 N–H and O–H groups in total. The molecular formula is C31H40O8. The Kier molecular flexibility index (Phi) is 7.05. The van der Waals surface area contributed by atoms with Gasteiger partial charge in [-0.1, -0.05) is 44.2 Å². The largest absolute Gasteiger partial charge is 0.458 e. The van der Waals surface area contributed by atoms with E-state index in [1.807, 2.05) is 44.2 Å². The van der Waals surface area contributed by atoms with Crippen molar-refractivity contribution < 1.29 is 38.8 Å². The summed E-state index contributed by atoms with van der Waals surface area (Å²) in [5.41, 5.74) is -1.52. The van der Waals surface area contributed by atoms with Gasteiger partial charge >= 0.3 is 11.9 Å². The number of ketones is 1. The normalized spacial score (nSPS) is 38.9. The SMILES string of the molecule is CC(=O)OC1C(=O)C2(C)C(O)CC3OCC3C2CC2(O)C[C@H](OC(=O)CCc3ccccc3)C(C)=C1C2(C)C. The molecular weight excluding hydrogens is 500 g/mol. The molecule has 0 aromatic heterocycles. The number of fused-ring (bicyclic) bond motifs is 5. The average molecular weight is 541 g/mol. The minimum absolute atomic E-state index is 0.0134. The molecule has 5 rings (SSSR count). The van der Waals surface area contributed by atoms with Crippen LogP contribution in [0.25, 0.3) is 0 Å². The van der Waals surface area contributed by atoms with Crippen molar-refractivity contribution in [3.63, 3.8) is 0 Å². The number of rotatable bonds is 5. The monoisotopic (exact) mass is 540 g/mol. The lowest BCUT2D eigenvalue weighted by Crippen LogP contribution is -2.69. The van der Waals surface area contributed by atoms with Gasteiger partial charge in [0.05, 0.1) is 29.8 Å². The first kappa shape index (κ1) is 28.0. The second-order valence-corrected chi connectivity index (χ2v) is 12.7.